The molecule has 172 valence electrons. The molecule has 1 unspecified atom stereocenters. The molecule has 3 aromatic carbocycles. The van der Waals surface area contributed by atoms with Crippen molar-refractivity contribution in [3.63, 3.8) is 0 Å². The maximum Gasteiger partial charge on any atom is 0.317 e. The van der Waals surface area contributed by atoms with Gasteiger partial charge in [0.2, 0.25) is 0 Å². The number of hydrogen-bond donors (Lipinski definition) is 2. The summed E-state index contributed by atoms with van der Waals surface area (Å²) in [6.45, 7) is 0.558. The van der Waals surface area contributed by atoms with Crippen LogP contribution in [-0.4, -0.2) is 30.3 Å². The number of hydrogen-bond acceptors (Lipinski definition) is 5. The van der Waals surface area contributed by atoms with Gasteiger partial charge in [0, 0.05) is 17.7 Å². The summed E-state index contributed by atoms with van der Waals surface area (Å²) in [4.78, 5) is 10.7. The molecule has 6 nitrogen and oxygen atoms in total. The maximum absolute atomic E-state index is 13.7. The van der Waals surface area contributed by atoms with Crippen LogP contribution in [0.4, 0.5) is 8.78 Å². The van der Waals surface area contributed by atoms with Crippen LogP contribution in [0.25, 0.3) is 0 Å². The topological polar surface area (TPSA) is 77.0 Å². The van der Waals surface area contributed by atoms with E-state index in [-0.39, 0.29) is 24.8 Å². The second-order valence-corrected chi connectivity index (χ2v) is 7.69. The molecule has 4 rings (SSSR count). The molecule has 8 heteroatoms. The Bertz CT molecular complexity index is 1120. The third-order valence-electron chi connectivity index (χ3n) is 5.24. The summed E-state index contributed by atoms with van der Waals surface area (Å²) in [5.41, 5.74) is 2.06. The predicted octanol–water partition coefficient (Wildman–Crippen LogP) is 4.10. The van der Waals surface area contributed by atoms with E-state index in [4.69, 9.17) is 19.3 Å². The Morgan fingerprint density at radius 3 is 2.58 bits per heavy atom. The largest absolute Gasteiger partial charge is 0.492 e. The molecule has 1 heterocycles. The van der Waals surface area contributed by atoms with Crippen LogP contribution < -0.4 is 19.5 Å². The van der Waals surface area contributed by atoms with Crippen LogP contribution in [-0.2, 0) is 24.4 Å². The number of halogens is 2. The first-order valence-electron chi connectivity index (χ1n) is 10.5. The van der Waals surface area contributed by atoms with Crippen LogP contribution in [0.2, 0.25) is 0 Å². The average Bonchev–Trinajstić information content (AvgIpc) is 2.83. The highest BCUT2D eigenvalue weighted by molar-refractivity contribution is 5.69. The van der Waals surface area contributed by atoms with Crippen molar-refractivity contribution < 1.29 is 32.9 Å². The van der Waals surface area contributed by atoms with Gasteiger partial charge < -0.3 is 24.6 Å². The Balaban J connectivity index is 1.28. The van der Waals surface area contributed by atoms with Gasteiger partial charge in [0.1, 0.15) is 37.1 Å². The van der Waals surface area contributed by atoms with Crippen molar-refractivity contribution in [3.05, 3.63) is 89.0 Å². The van der Waals surface area contributed by atoms with Gasteiger partial charge in [-0.15, -0.1) is 0 Å². The minimum absolute atomic E-state index is 0.0430. The van der Waals surface area contributed by atoms with E-state index >= 15 is 0 Å². The second-order valence-electron chi connectivity index (χ2n) is 7.69. The van der Waals surface area contributed by atoms with E-state index in [2.05, 4.69) is 5.32 Å². The molecule has 0 fully saturated rings. The zero-order valence-corrected chi connectivity index (χ0v) is 17.7. The summed E-state index contributed by atoms with van der Waals surface area (Å²) in [5, 5.41) is 11.7. The summed E-state index contributed by atoms with van der Waals surface area (Å²) in [7, 11) is 0. The van der Waals surface area contributed by atoms with Crippen LogP contribution in [0.3, 0.4) is 0 Å². The second kappa shape index (κ2) is 10.3. The molecular weight excluding hydrogens is 432 g/mol. The van der Waals surface area contributed by atoms with E-state index in [1.807, 2.05) is 30.3 Å². The summed E-state index contributed by atoms with van der Waals surface area (Å²) < 4.78 is 44.1. The van der Waals surface area contributed by atoms with Crippen molar-refractivity contribution >= 4 is 5.97 Å². The Hall–Kier alpha value is -3.65. The lowest BCUT2D eigenvalue weighted by molar-refractivity contribution is -0.136. The van der Waals surface area contributed by atoms with Gasteiger partial charge in [-0.1, -0.05) is 30.3 Å². The van der Waals surface area contributed by atoms with Gasteiger partial charge >= 0.3 is 5.97 Å². The Kier molecular flexibility index (Phi) is 7.04. The van der Waals surface area contributed by atoms with Crippen molar-refractivity contribution in [2.24, 2.45) is 0 Å². The van der Waals surface area contributed by atoms with E-state index in [9.17, 15) is 13.6 Å². The molecule has 3 aromatic rings. The zero-order chi connectivity index (χ0) is 23.2. The lowest BCUT2D eigenvalue weighted by Crippen LogP contribution is -2.41. The predicted molar refractivity (Wildman–Crippen MR) is 117 cm³/mol. The van der Waals surface area contributed by atoms with Gasteiger partial charge in [0.15, 0.2) is 11.6 Å². The van der Waals surface area contributed by atoms with Crippen molar-refractivity contribution in [3.8, 4) is 17.2 Å². The number of carboxylic acid groups (broad SMARTS) is 1. The van der Waals surface area contributed by atoms with E-state index < -0.39 is 17.6 Å². The van der Waals surface area contributed by atoms with Gasteiger partial charge in [-0.3, -0.25) is 4.79 Å². The number of aliphatic carboxylic acids is 1. The van der Waals surface area contributed by atoms with Crippen LogP contribution in [0.5, 0.6) is 17.2 Å². The summed E-state index contributed by atoms with van der Waals surface area (Å²) >= 11 is 0. The zero-order valence-electron chi connectivity index (χ0n) is 17.7. The fourth-order valence-corrected chi connectivity index (χ4v) is 3.47. The highest BCUT2D eigenvalue weighted by Gasteiger charge is 2.20. The standard InChI is InChI=1S/C25H23F2NO5/c26-22-3-1-2-18(25(22)27)14-32-20-7-4-16(5-8-20)13-31-21-9-6-17-10-19(28-12-24(29)30)15-33-23(17)11-21/h1-9,11,19,28H,10,12-15H2,(H,29,30). The number of ether oxygens (including phenoxy) is 3. The summed E-state index contributed by atoms with van der Waals surface area (Å²) in [6, 6.07) is 16.7. The SMILES string of the molecule is O=C(O)CNC1COc2cc(OCc3ccc(OCc4cccc(F)c4F)cc3)ccc2C1. The molecule has 33 heavy (non-hydrogen) atoms. The summed E-state index contributed by atoms with van der Waals surface area (Å²) in [5.74, 6) is -0.767. The molecule has 0 radical (unpaired) electrons. The van der Waals surface area contributed by atoms with Gasteiger partial charge in [0.05, 0.1) is 6.54 Å². The third-order valence-corrected chi connectivity index (χ3v) is 5.24. The Morgan fingerprint density at radius 2 is 1.79 bits per heavy atom. The van der Waals surface area contributed by atoms with Crippen LogP contribution >= 0.6 is 0 Å². The monoisotopic (exact) mass is 455 g/mol. The Morgan fingerprint density at radius 1 is 1.03 bits per heavy atom. The molecule has 0 saturated carbocycles. The molecule has 0 bridgehead atoms. The minimum atomic E-state index is -0.899. The maximum atomic E-state index is 13.7. The lowest BCUT2D eigenvalue weighted by atomic mass is 10.0. The third kappa shape index (κ3) is 5.98. The number of fused-ring (bicyclic) bond motifs is 1. The molecule has 1 atom stereocenters. The molecule has 1 aliphatic heterocycles. The van der Waals surface area contributed by atoms with Gasteiger partial charge in [-0.25, -0.2) is 8.78 Å². The minimum Gasteiger partial charge on any atom is -0.492 e. The first kappa shape index (κ1) is 22.5. The number of benzene rings is 3. The number of carbonyl (C=O) groups is 1. The van der Waals surface area contributed by atoms with Crippen LogP contribution in [0, 0.1) is 11.6 Å². The normalized spacial score (nSPS) is 14.8. The number of rotatable bonds is 9. The lowest BCUT2D eigenvalue weighted by Gasteiger charge is -2.26. The van der Waals surface area contributed by atoms with E-state index in [0.717, 1.165) is 22.9 Å². The summed E-state index contributed by atoms with van der Waals surface area (Å²) in [6.07, 6.45) is 0.684. The first-order valence-corrected chi connectivity index (χ1v) is 10.5. The fourth-order valence-electron chi connectivity index (χ4n) is 3.47. The first-order chi connectivity index (χ1) is 16.0. The van der Waals surface area contributed by atoms with E-state index in [1.54, 1.807) is 12.1 Å². The highest BCUT2D eigenvalue weighted by Crippen LogP contribution is 2.29. The highest BCUT2D eigenvalue weighted by atomic mass is 19.2. The van der Waals surface area contributed by atoms with Crippen LogP contribution in [0.1, 0.15) is 16.7 Å². The van der Waals surface area contributed by atoms with E-state index in [1.165, 1.54) is 12.1 Å². The van der Waals surface area contributed by atoms with Gasteiger partial charge in [-0.05, 0) is 41.8 Å². The Labute approximate surface area is 189 Å². The molecule has 0 amide bonds. The van der Waals surface area contributed by atoms with Crippen molar-refractivity contribution in [2.75, 3.05) is 13.2 Å². The van der Waals surface area contributed by atoms with Gasteiger partial charge in [-0.2, -0.15) is 0 Å². The molecule has 0 aromatic heterocycles. The smallest absolute Gasteiger partial charge is 0.317 e. The number of carboxylic acids is 1. The van der Waals surface area contributed by atoms with Crippen molar-refractivity contribution in [2.45, 2.75) is 25.7 Å². The fraction of sp³-hybridized carbons (Fsp3) is 0.240. The van der Waals surface area contributed by atoms with Crippen molar-refractivity contribution in [1.82, 2.24) is 5.32 Å². The van der Waals surface area contributed by atoms with Gasteiger partial charge in [0.25, 0.3) is 0 Å². The molecule has 0 saturated heterocycles. The molecule has 1 aliphatic rings. The van der Waals surface area contributed by atoms with E-state index in [0.29, 0.717) is 31.1 Å². The van der Waals surface area contributed by atoms with Crippen molar-refractivity contribution in [1.29, 1.82) is 0 Å². The molecule has 0 aliphatic carbocycles. The quantitative estimate of drug-likeness (QED) is 0.506. The molecule has 2 N–H and O–H groups in total. The number of nitrogens with one attached hydrogen (secondary N) is 1. The average molecular weight is 455 g/mol. The molecule has 0 spiro atoms. The van der Waals surface area contributed by atoms with Crippen LogP contribution in [0.15, 0.2) is 60.7 Å². The molecular formula is C25H23F2NO5.